The number of hydrogen-bond donors (Lipinski definition) is 0. The molecule has 0 bridgehead atoms. The van der Waals surface area contributed by atoms with E-state index in [0.717, 1.165) is 0 Å². The number of alkyl halides is 6. The largest absolute Gasteiger partial charge is 2.00 e. The molecule has 0 aromatic carbocycles. The molecule has 0 aliphatic carbocycles. The van der Waals surface area contributed by atoms with E-state index in [4.69, 9.17) is 9.96 Å². The summed E-state index contributed by atoms with van der Waals surface area (Å²) in [5, 5.41) is 7.48. The first-order chi connectivity index (χ1) is 18.5. The zero-order valence-corrected chi connectivity index (χ0v) is 45.6. The van der Waals surface area contributed by atoms with Crippen LogP contribution in [-0.2, 0) is 19.7 Å². The quantitative estimate of drug-likeness (QED) is 0.212. The van der Waals surface area contributed by atoms with Gasteiger partial charge in [0.05, 0.1) is 0 Å². The minimum absolute atomic E-state index is 0. The van der Waals surface area contributed by atoms with Crippen molar-refractivity contribution in [2.45, 2.75) is 135 Å². The molecule has 1 heterocycles. The fourth-order valence-corrected chi connectivity index (χ4v) is 15.6. The van der Waals surface area contributed by atoms with E-state index in [-0.39, 0.29) is 129 Å². The second-order valence-electron chi connectivity index (χ2n) is 14.5. The second-order valence-corrected chi connectivity index (χ2v) is 34.3. The molecule has 1 rings (SSSR count). The van der Waals surface area contributed by atoms with E-state index in [9.17, 15) is 43.2 Å². The van der Waals surface area contributed by atoms with Gasteiger partial charge in [-0.25, -0.2) is 0 Å². The van der Waals surface area contributed by atoms with Gasteiger partial charge in [0, 0.05) is 17.6 Å². The van der Waals surface area contributed by atoms with Crippen molar-refractivity contribution in [2.24, 2.45) is 0 Å². The van der Waals surface area contributed by atoms with Crippen LogP contribution < -0.4 is 37.7 Å². The van der Waals surface area contributed by atoms with E-state index in [1.807, 2.05) is 0 Å². The molecule has 1 aliphatic rings. The molecular weight excluding hydrogens is 1170 g/mol. The molecule has 0 spiro atoms. The Balaban J connectivity index is -0.0000000903. The summed E-state index contributed by atoms with van der Waals surface area (Å²) in [5.74, 6) is 0. The normalized spacial score (nSPS) is 16.1. The molecule has 1 aliphatic heterocycles. The van der Waals surface area contributed by atoms with Crippen molar-refractivity contribution in [2.75, 3.05) is 12.3 Å². The molecule has 1 saturated heterocycles. The fraction of sp³-hybridized carbons (Fsp3) is 0.958. The van der Waals surface area contributed by atoms with Gasteiger partial charge in [-0.05, 0) is 0 Å². The Kier molecular flexibility index (Phi) is 36.7. The minimum Gasteiger partial charge on any atom is -0.668 e. The summed E-state index contributed by atoms with van der Waals surface area (Å²) in [5.41, 5.74) is -11.7. The molecule has 0 unspecified atom stereocenters. The molecule has 0 radical (unpaired) electrons. The third-order valence-corrected chi connectivity index (χ3v) is 15.4. The zero-order chi connectivity index (χ0) is 35.5. The monoisotopic (exact) mass is 1230 g/mol. The first-order valence-electron chi connectivity index (χ1n) is 14.0. The molecule has 23 heteroatoms. The molecule has 268 valence electrons. The number of rotatable bonds is 8. The van der Waals surface area contributed by atoms with Crippen LogP contribution in [0.5, 0.6) is 0 Å². The minimum atomic E-state index is -6.47. The van der Waals surface area contributed by atoms with Crippen LogP contribution in [0.4, 0.5) is 26.3 Å². The van der Waals surface area contributed by atoms with Crippen LogP contribution in [0.2, 0.25) is 65.5 Å². The first kappa shape index (κ1) is 65.4. The molecule has 0 saturated carbocycles. The van der Waals surface area contributed by atoms with Crippen LogP contribution in [0, 0.1) is 67.3 Å². The molecule has 0 aromatic heterocycles. The number of hydrogen-bond acceptors (Lipinski definition) is 4. The summed E-state index contributed by atoms with van der Waals surface area (Å²) < 4.78 is 114. The van der Waals surface area contributed by atoms with Crippen molar-refractivity contribution in [1.29, 1.82) is 0 Å². The Labute approximate surface area is 359 Å². The Hall–Kier alpha value is 3.53. The zero-order valence-electron chi connectivity index (χ0n) is 31.3. The molecular formula is C24H55F6Li2N3O4S2Si4U2+2. The van der Waals surface area contributed by atoms with Gasteiger partial charge < -0.3 is 15.3 Å². The first-order valence-corrected chi connectivity index (χ1v) is 30.3. The predicted octanol–water partition coefficient (Wildman–Crippen LogP) is 2.53. The van der Waals surface area contributed by atoms with Crippen LogP contribution in [0.15, 0.2) is 0 Å². The second kappa shape index (κ2) is 26.4. The van der Waals surface area contributed by atoms with Gasteiger partial charge >= 0.3 is 111 Å². The average Bonchev–Trinajstić information content (AvgIpc) is 2.61. The number of halogens is 6. The smallest absolute Gasteiger partial charge is 0.668 e. The van der Waals surface area contributed by atoms with Crippen LogP contribution in [0.25, 0.3) is 15.3 Å². The van der Waals surface area contributed by atoms with Gasteiger partial charge in [0.1, 0.15) is 19.7 Å². The molecule has 0 atom stereocenters. The number of sulfone groups is 2. The maximum Gasteiger partial charge on any atom is 2.00 e. The molecule has 1 fully saturated rings. The summed E-state index contributed by atoms with van der Waals surface area (Å²) in [4.78, 5) is 0. The van der Waals surface area contributed by atoms with Crippen molar-refractivity contribution in [3.05, 3.63) is 20.4 Å². The number of nitrogens with zero attached hydrogens (tertiary/aromatic N) is 3. The summed E-state index contributed by atoms with van der Waals surface area (Å²) >= 11 is 0. The fourth-order valence-electron chi connectivity index (χ4n) is 3.76. The van der Waals surface area contributed by atoms with Crippen molar-refractivity contribution in [3.63, 3.8) is 0 Å². The summed E-state index contributed by atoms with van der Waals surface area (Å²) in [6.45, 7) is 32.1. The van der Waals surface area contributed by atoms with Crippen LogP contribution in [0.3, 0.4) is 0 Å². The topological polar surface area (TPSA) is 111 Å². The van der Waals surface area contributed by atoms with Crippen LogP contribution in [0.1, 0.15) is 47.0 Å². The predicted molar refractivity (Wildman–Crippen MR) is 181 cm³/mol. The molecule has 7 nitrogen and oxygen atoms in total. The van der Waals surface area contributed by atoms with Gasteiger partial charge in [0.25, 0.3) is 0 Å². The van der Waals surface area contributed by atoms with Crippen molar-refractivity contribution in [3.8, 4) is 0 Å². The van der Waals surface area contributed by atoms with Crippen LogP contribution in [-0.4, -0.2) is 85.3 Å². The van der Waals surface area contributed by atoms with Gasteiger partial charge in [-0.1, -0.05) is 134 Å². The van der Waals surface area contributed by atoms with E-state index in [1.165, 1.54) is 31.6 Å². The van der Waals surface area contributed by atoms with Gasteiger partial charge in [0.15, 0.2) is 0 Å². The third-order valence-electron chi connectivity index (χ3n) is 4.74. The SMILES string of the molecule is CC1(C)CCCC(C)(C)[N-]1.C[SiH](C)C[N-]C[SiH](C)C.C[Si](C)(C)[N-][Si](C)(C)C.O=S(=O)([CH-]S(=O)(=O)C(F)(F)F)C(F)(F)F.[Li+].[Li+].[U+2].[U+2]. The van der Waals surface area contributed by atoms with Gasteiger partial charge in [-0.3, -0.25) is 16.8 Å². The van der Waals surface area contributed by atoms with Gasteiger partial charge in [-0.2, -0.15) is 38.7 Å². The third kappa shape index (κ3) is 39.0. The Morgan fingerprint density at radius 3 is 1.06 bits per heavy atom. The Bertz CT molecular complexity index is 958. The van der Waals surface area contributed by atoms with Gasteiger partial charge in [-0.15, -0.1) is 11.1 Å². The van der Waals surface area contributed by atoms with E-state index < -0.39 is 52.2 Å². The van der Waals surface area contributed by atoms with E-state index >= 15 is 0 Å². The van der Waals surface area contributed by atoms with E-state index in [1.54, 1.807) is 0 Å². The summed E-state index contributed by atoms with van der Waals surface area (Å²) in [7, 11) is -15.9. The standard InChI is InChI=1S/C9H18N.2C6H18NSi2.C3HF6O4S2.2Li.2U/c1-8(2)6-5-7-9(3,4)10-8;1-8(2,3)7-9(4,5)6;1-8(2)5-7-6-9(3)4;4-2(5,6)14(10,11)1-15(12,13)3(7,8)9;;;;/h5-7H2,1-4H3;1-6H3;8-9H,5-6H2,1-4H3;1H;;;;/q4*-1;2*+1;2*+2. The van der Waals surface area contributed by atoms with E-state index in [2.05, 4.69) is 98.5 Å². The average molecular weight is 1230 g/mol. The van der Waals surface area contributed by atoms with Crippen molar-refractivity contribution >= 4 is 53.7 Å². The van der Waals surface area contributed by atoms with E-state index in [0.29, 0.717) is 0 Å². The molecule has 47 heavy (non-hydrogen) atoms. The Morgan fingerprint density at radius 2 is 0.936 bits per heavy atom. The van der Waals surface area contributed by atoms with Crippen molar-refractivity contribution in [1.82, 2.24) is 0 Å². The van der Waals surface area contributed by atoms with Crippen LogP contribution >= 0.6 is 0 Å². The maximum atomic E-state index is 11.5. The molecule has 0 N–H and O–H groups in total. The van der Waals surface area contributed by atoms with Gasteiger partial charge in [0.2, 0.25) is 0 Å². The maximum absolute atomic E-state index is 11.5. The summed E-state index contributed by atoms with van der Waals surface area (Å²) in [6.07, 6.45) is 6.26. The van der Waals surface area contributed by atoms with Crippen molar-refractivity contribution < 1.29 is 143 Å². The number of piperidine rings is 1. The molecule has 0 amide bonds. The molecule has 0 aromatic rings. The Morgan fingerprint density at radius 1 is 0.681 bits per heavy atom. The summed E-state index contributed by atoms with van der Waals surface area (Å²) in [6, 6.07) is 0.